The summed E-state index contributed by atoms with van der Waals surface area (Å²) >= 11 is 1.43. The van der Waals surface area contributed by atoms with Crippen molar-refractivity contribution in [2.75, 3.05) is 41.7 Å². The number of carbonyl (C=O) groups excluding carboxylic acids is 4. The van der Waals surface area contributed by atoms with Gasteiger partial charge in [-0.1, -0.05) is 66.6 Å². The summed E-state index contributed by atoms with van der Waals surface area (Å²) < 4.78 is 2.71. The van der Waals surface area contributed by atoms with Gasteiger partial charge in [0, 0.05) is 48.8 Å². The SMILES string of the molecule is Cc1cc(CCCCC2CCN(CC(=O)Nc3ccc4c(C5CCC(=O)NC5=O)nn(C)c4c3)CC2)ccc1-c1ccc(N2CCc3cccc(C(=O)Nc4nc5ccccc5s4)c3C2)nc1C(=O)O. The van der Waals surface area contributed by atoms with Gasteiger partial charge in [-0.2, -0.15) is 5.10 Å². The van der Waals surface area contributed by atoms with Crippen LogP contribution < -0.4 is 20.9 Å². The van der Waals surface area contributed by atoms with Crippen molar-refractivity contribution in [3.63, 3.8) is 0 Å². The number of hydrogen-bond acceptors (Lipinski definition) is 11. The van der Waals surface area contributed by atoms with Gasteiger partial charge in [0.2, 0.25) is 17.7 Å². The van der Waals surface area contributed by atoms with Gasteiger partial charge in [-0.25, -0.2) is 14.8 Å². The van der Waals surface area contributed by atoms with Gasteiger partial charge < -0.3 is 15.3 Å². The van der Waals surface area contributed by atoms with E-state index in [0.29, 0.717) is 71.9 Å². The molecule has 0 spiro atoms. The molecule has 358 valence electrons. The molecule has 3 aromatic heterocycles. The van der Waals surface area contributed by atoms with Gasteiger partial charge in [0.25, 0.3) is 5.91 Å². The van der Waals surface area contributed by atoms with Crippen LogP contribution >= 0.6 is 11.3 Å². The summed E-state index contributed by atoms with van der Waals surface area (Å²) in [6.07, 6.45) is 7.75. The number of likely N-dealkylation sites (tertiary alicyclic amines) is 1. The summed E-state index contributed by atoms with van der Waals surface area (Å²) in [5.74, 6) is -1.28. The number of anilines is 3. The molecule has 4 amide bonds. The van der Waals surface area contributed by atoms with E-state index in [1.165, 1.54) is 16.9 Å². The van der Waals surface area contributed by atoms with E-state index in [4.69, 9.17) is 4.98 Å². The molecular weight excluding hydrogens is 903 g/mol. The molecule has 6 heterocycles. The Labute approximate surface area is 409 Å². The van der Waals surface area contributed by atoms with Gasteiger partial charge in [-0.15, -0.1) is 0 Å². The van der Waals surface area contributed by atoms with Crippen molar-refractivity contribution in [1.82, 2.24) is 30.0 Å². The number of amides is 4. The van der Waals surface area contributed by atoms with Crippen LogP contribution in [0.15, 0.2) is 91.0 Å². The molecular formula is C54H55N9O6S. The molecule has 10 rings (SSSR count). The predicted molar refractivity (Wildman–Crippen MR) is 271 cm³/mol. The van der Waals surface area contributed by atoms with Crippen LogP contribution in [0.5, 0.6) is 0 Å². The van der Waals surface area contributed by atoms with Gasteiger partial charge in [0.05, 0.1) is 33.9 Å². The number of benzene rings is 4. The maximum atomic E-state index is 13.6. The Balaban J connectivity index is 0.692. The van der Waals surface area contributed by atoms with Gasteiger partial charge >= 0.3 is 5.97 Å². The van der Waals surface area contributed by atoms with E-state index < -0.39 is 11.9 Å². The van der Waals surface area contributed by atoms with E-state index in [9.17, 15) is 29.1 Å². The maximum Gasteiger partial charge on any atom is 0.355 e. The minimum atomic E-state index is -1.09. The molecule has 2 saturated heterocycles. The molecule has 1 atom stereocenters. The minimum Gasteiger partial charge on any atom is -0.476 e. The Morgan fingerprint density at radius 1 is 0.857 bits per heavy atom. The molecule has 0 saturated carbocycles. The first-order valence-electron chi connectivity index (χ1n) is 24.1. The number of nitrogens with zero attached hydrogens (tertiary/aromatic N) is 6. The number of carboxylic acid groups (broad SMARTS) is 1. The zero-order chi connectivity index (χ0) is 48.5. The first-order valence-corrected chi connectivity index (χ1v) is 24.9. The summed E-state index contributed by atoms with van der Waals surface area (Å²) in [7, 11) is 1.81. The van der Waals surface area contributed by atoms with E-state index in [1.54, 1.807) is 4.68 Å². The number of carboxylic acids is 1. The fourth-order valence-corrected chi connectivity index (χ4v) is 11.3. The summed E-state index contributed by atoms with van der Waals surface area (Å²) in [5, 5.41) is 24.9. The number of imide groups is 1. The average Bonchev–Trinajstić information content (AvgIpc) is 3.92. The number of rotatable bonds is 14. The van der Waals surface area contributed by atoms with Crippen LogP contribution in [0, 0.1) is 12.8 Å². The van der Waals surface area contributed by atoms with E-state index in [-0.39, 0.29) is 35.7 Å². The molecule has 15 nitrogen and oxygen atoms in total. The molecule has 7 aromatic rings. The van der Waals surface area contributed by atoms with Crippen LogP contribution in [0.25, 0.3) is 32.2 Å². The number of unbranched alkanes of at least 4 members (excludes halogenated alkanes) is 1. The normalized spacial score (nSPS) is 16.6. The molecule has 4 aromatic carbocycles. The predicted octanol–water partition coefficient (Wildman–Crippen LogP) is 8.65. The fourth-order valence-electron chi connectivity index (χ4n) is 10.4. The molecule has 16 heteroatoms. The van der Waals surface area contributed by atoms with Crippen molar-refractivity contribution >= 4 is 78.7 Å². The lowest BCUT2D eigenvalue weighted by Gasteiger charge is -2.31. The van der Waals surface area contributed by atoms with Crippen LogP contribution in [-0.4, -0.2) is 85.5 Å². The number of aryl methyl sites for hydroxylation is 3. The standard InChI is InChI=1S/C54H55N9O6S/c1-32-28-34(9-4-3-8-33-22-25-62(26-23-33)31-48(65)55-36-15-17-40-44(29-36)61(2)60-49(40)41-19-21-47(64)58-52(41)67)14-16-37(32)38-18-20-46(57-50(38)53(68)69)63-27-24-35-10-7-11-39(42(35)30-63)51(66)59-54-56-43-12-5-6-13-45(43)70-54/h5-7,10-18,20,28-29,33,41H,3-4,8-9,19,21-27,30-31H2,1-2H3,(H,55,65)(H,68,69)(H,56,59,66)(H,58,64,67). The number of fused-ring (bicyclic) bond motifs is 3. The molecule has 3 aliphatic rings. The molecule has 3 aliphatic heterocycles. The van der Waals surface area contributed by atoms with Crippen LogP contribution in [0.2, 0.25) is 0 Å². The number of hydrogen-bond donors (Lipinski definition) is 4. The second kappa shape index (κ2) is 20.0. The van der Waals surface area contributed by atoms with Crippen molar-refractivity contribution in [2.24, 2.45) is 13.0 Å². The van der Waals surface area contributed by atoms with E-state index >= 15 is 0 Å². The van der Waals surface area contributed by atoms with Crippen LogP contribution in [-0.2, 0) is 40.8 Å². The van der Waals surface area contributed by atoms with Gasteiger partial charge in [0.1, 0.15) is 5.82 Å². The number of carbonyl (C=O) groups is 5. The van der Waals surface area contributed by atoms with E-state index in [0.717, 1.165) is 95.0 Å². The summed E-state index contributed by atoms with van der Waals surface area (Å²) in [6, 6.07) is 29.2. The number of aromatic nitrogens is 4. The number of aromatic carboxylic acids is 1. The summed E-state index contributed by atoms with van der Waals surface area (Å²) in [6.45, 7) is 5.16. The molecule has 0 aliphatic carbocycles. The Hall–Kier alpha value is -7.30. The van der Waals surface area contributed by atoms with E-state index in [1.807, 2.05) is 97.7 Å². The Kier molecular flexibility index (Phi) is 13.2. The van der Waals surface area contributed by atoms with Gasteiger partial charge in [-0.05, 0) is 141 Å². The second-order valence-corrected chi connectivity index (χ2v) is 19.9. The largest absolute Gasteiger partial charge is 0.476 e. The number of piperidine rings is 2. The molecule has 2 fully saturated rings. The topological polar surface area (TPSA) is 192 Å². The third-order valence-corrected chi connectivity index (χ3v) is 15.1. The number of nitrogens with one attached hydrogen (secondary N) is 3. The zero-order valence-electron chi connectivity index (χ0n) is 39.3. The van der Waals surface area contributed by atoms with Gasteiger partial charge in [-0.3, -0.25) is 39.4 Å². The minimum absolute atomic E-state index is 0.00112. The zero-order valence-corrected chi connectivity index (χ0v) is 40.1. The lowest BCUT2D eigenvalue weighted by Crippen LogP contribution is -2.39. The monoisotopic (exact) mass is 957 g/mol. The number of thiazole rings is 1. The number of para-hydroxylation sites is 1. The first-order chi connectivity index (χ1) is 33.9. The lowest BCUT2D eigenvalue weighted by atomic mass is 9.90. The Bertz CT molecular complexity index is 3160. The summed E-state index contributed by atoms with van der Waals surface area (Å²) in [5.41, 5.74) is 9.14. The average molecular weight is 958 g/mol. The third kappa shape index (κ3) is 9.92. The quantitative estimate of drug-likeness (QED) is 0.0603. The van der Waals surface area contributed by atoms with Gasteiger partial charge in [0.15, 0.2) is 10.8 Å². The smallest absolute Gasteiger partial charge is 0.355 e. The first kappa shape index (κ1) is 46.4. The van der Waals surface area contributed by atoms with Crippen molar-refractivity contribution < 1.29 is 29.1 Å². The van der Waals surface area contributed by atoms with Crippen molar-refractivity contribution in [3.05, 3.63) is 130 Å². The highest BCUT2D eigenvalue weighted by molar-refractivity contribution is 7.22. The maximum absolute atomic E-state index is 13.6. The highest BCUT2D eigenvalue weighted by Crippen LogP contribution is 2.35. The molecule has 0 radical (unpaired) electrons. The van der Waals surface area contributed by atoms with Crippen molar-refractivity contribution in [2.45, 2.75) is 77.2 Å². The Morgan fingerprint density at radius 3 is 2.49 bits per heavy atom. The highest BCUT2D eigenvalue weighted by atomic mass is 32.1. The molecule has 4 N–H and O–H groups in total. The molecule has 70 heavy (non-hydrogen) atoms. The van der Waals surface area contributed by atoms with Crippen LogP contribution in [0.3, 0.4) is 0 Å². The lowest BCUT2D eigenvalue weighted by molar-refractivity contribution is -0.134. The molecule has 1 unspecified atom stereocenters. The highest BCUT2D eigenvalue weighted by Gasteiger charge is 2.32. The fraction of sp³-hybridized carbons (Fsp3) is 0.333. The van der Waals surface area contributed by atoms with Crippen LogP contribution in [0.4, 0.5) is 16.6 Å². The number of pyridine rings is 1. The Morgan fingerprint density at radius 2 is 1.69 bits per heavy atom. The van der Waals surface area contributed by atoms with Crippen molar-refractivity contribution in [1.29, 1.82) is 0 Å². The molecule has 0 bridgehead atoms. The van der Waals surface area contributed by atoms with E-state index in [2.05, 4.69) is 43.1 Å². The second-order valence-electron chi connectivity index (χ2n) is 18.8. The summed E-state index contributed by atoms with van der Waals surface area (Å²) in [4.78, 5) is 77.2. The third-order valence-electron chi connectivity index (χ3n) is 14.2. The van der Waals surface area contributed by atoms with Crippen molar-refractivity contribution in [3.8, 4) is 11.1 Å². The van der Waals surface area contributed by atoms with Crippen LogP contribution in [0.1, 0.15) is 99.7 Å².